The monoisotopic (exact) mass is 420 g/mol. The standard InChI is InChI=1S/C19H18Cl2N4O3/c1-11-10-27-23-16(11)9-17(26)25-6-4-12(5-7-25)19-22-18(24-28-19)13-2-3-14(20)15(21)8-13/h2-3,8,10,12H,4-7,9H2,1H3. The predicted molar refractivity (Wildman–Crippen MR) is 103 cm³/mol. The Morgan fingerprint density at radius 2 is 2.00 bits per heavy atom. The zero-order valence-electron chi connectivity index (χ0n) is 15.2. The van der Waals surface area contributed by atoms with Crippen LogP contribution in [0.15, 0.2) is 33.5 Å². The first-order valence-corrected chi connectivity index (χ1v) is 9.73. The van der Waals surface area contributed by atoms with Gasteiger partial charge in [0.05, 0.1) is 22.2 Å². The molecule has 146 valence electrons. The third-order valence-electron chi connectivity index (χ3n) is 4.98. The molecule has 28 heavy (non-hydrogen) atoms. The van der Waals surface area contributed by atoms with Crippen LogP contribution in [0.2, 0.25) is 10.0 Å². The van der Waals surface area contributed by atoms with Crippen molar-refractivity contribution in [1.29, 1.82) is 0 Å². The van der Waals surface area contributed by atoms with E-state index in [9.17, 15) is 4.79 Å². The largest absolute Gasteiger partial charge is 0.364 e. The Balaban J connectivity index is 1.37. The Labute approximate surface area is 171 Å². The number of benzene rings is 1. The highest BCUT2D eigenvalue weighted by molar-refractivity contribution is 6.42. The van der Waals surface area contributed by atoms with Gasteiger partial charge in [-0.05, 0) is 38.0 Å². The van der Waals surface area contributed by atoms with Crippen molar-refractivity contribution in [3.8, 4) is 11.4 Å². The predicted octanol–water partition coefficient (Wildman–Crippen LogP) is 4.29. The Morgan fingerprint density at radius 3 is 2.68 bits per heavy atom. The van der Waals surface area contributed by atoms with Gasteiger partial charge in [-0.15, -0.1) is 0 Å². The first kappa shape index (κ1) is 19.0. The lowest BCUT2D eigenvalue weighted by atomic mass is 9.96. The molecule has 1 saturated heterocycles. The zero-order valence-corrected chi connectivity index (χ0v) is 16.7. The van der Waals surface area contributed by atoms with E-state index >= 15 is 0 Å². The highest BCUT2D eigenvalue weighted by atomic mass is 35.5. The van der Waals surface area contributed by atoms with Crippen LogP contribution in [0, 0.1) is 6.92 Å². The third-order valence-corrected chi connectivity index (χ3v) is 5.72. The van der Waals surface area contributed by atoms with Gasteiger partial charge >= 0.3 is 0 Å². The lowest BCUT2D eigenvalue weighted by Gasteiger charge is -2.30. The zero-order chi connectivity index (χ0) is 19.7. The number of aromatic nitrogens is 3. The van der Waals surface area contributed by atoms with E-state index in [1.54, 1.807) is 24.5 Å². The minimum absolute atomic E-state index is 0.0532. The molecule has 0 radical (unpaired) electrons. The molecule has 1 amide bonds. The Hall–Kier alpha value is -2.38. The van der Waals surface area contributed by atoms with Crippen molar-refractivity contribution in [2.75, 3.05) is 13.1 Å². The average Bonchev–Trinajstić information content (AvgIpc) is 3.34. The molecule has 7 nitrogen and oxygen atoms in total. The van der Waals surface area contributed by atoms with E-state index in [1.807, 2.05) is 11.8 Å². The molecular weight excluding hydrogens is 403 g/mol. The van der Waals surface area contributed by atoms with Crippen LogP contribution in [0.3, 0.4) is 0 Å². The van der Waals surface area contributed by atoms with Crippen molar-refractivity contribution < 1.29 is 13.8 Å². The lowest BCUT2D eigenvalue weighted by Crippen LogP contribution is -2.39. The van der Waals surface area contributed by atoms with Gasteiger partial charge < -0.3 is 13.9 Å². The summed E-state index contributed by atoms with van der Waals surface area (Å²) in [4.78, 5) is 18.8. The second-order valence-corrected chi connectivity index (χ2v) is 7.68. The van der Waals surface area contributed by atoms with E-state index in [0.29, 0.717) is 40.5 Å². The fraction of sp³-hybridized carbons (Fsp3) is 0.368. The van der Waals surface area contributed by atoms with E-state index in [1.165, 1.54) is 0 Å². The highest BCUT2D eigenvalue weighted by Crippen LogP contribution is 2.31. The summed E-state index contributed by atoms with van der Waals surface area (Å²) in [6, 6.07) is 5.22. The second kappa shape index (κ2) is 7.93. The van der Waals surface area contributed by atoms with Gasteiger partial charge in [0.2, 0.25) is 17.6 Å². The van der Waals surface area contributed by atoms with Crippen LogP contribution in [-0.4, -0.2) is 39.2 Å². The summed E-state index contributed by atoms with van der Waals surface area (Å²) >= 11 is 12.0. The van der Waals surface area contributed by atoms with Gasteiger partial charge in [0.1, 0.15) is 6.26 Å². The number of aryl methyl sites for hydroxylation is 1. The Morgan fingerprint density at radius 1 is 1.21 bits per heavy atom. The Kier molecular flexibility index (Phi) is 5.37. The van der Waals surface area contributed by atoms with Gasteiger partial charge in [0.15, 0.2) is 0 Å². The van der Waals surface area contributed by atoms with Crippen LogP contribution in [0.4, 0.5) is 0 Å². The topological polar surface area (TPSA) is 85.3 Å². The number of likely N-dealkylation sites (tertiary alicyclic amines) is 1. The van der Waals surface area contributed by atoms with Crippen LogP contribution >= 0.6 is 23.2 Å². The van der Waals surface area contributed by atoms with Crippen molar-refractivity contribution >= 4 is 29.1 Å². The van der Waals surface area contributed by atoms with Crippen molar-refractivity contribution in [1.82, 2.24) is 20.2 Å². The molecule has 0 aliphatic carbocycles. The average molecular weight is 421 g/mol. The number of carbonyl (C=O) groups excluding carboxylic acids is 1. The summed E-state index contributed by atoms with van der Waals surface area (Å²) < 4.78 is 10.4. The number of hydrogen-bond acceptors (Lipinski definition) is 6. The Bertz CT molecular complexity index is 993. The highest BCUT2D eigenvalue weighted by Gasteiger charge is 2.28. The summed E-state index contributed by atoms with van der Waals surface area (Å²) in [6.45, 7) is 3.17. The van der Waals surface area contributed by atoms with Gasteiger partial charge in [-0.25, -0.2) is 0 Å². The molecule has 9 heteroatoms. The molecular formula is C19H18Cl2N4O3. The summed E-state index contributed by atoms with van der Waals surface area (Å²) in [6.07, 6.45) is 3.35. The summed E-state index contributed by atoms with van der Waals surface area (Å²) in [5, 5.41) is 8.86. The molecule has 0 saturated carbocycles. The van der Waals surface area contributed by atoms with Gasteiger partial charge in [-0.2, -0.15) is 4.98 Å². The minimum atomic E-state index is 0.0532. The molecule has 0 atom stereocenters. The summed E-state index contributed by atoms with van der Waals surface area (Å²) in [5.41, 5.74) is 2.33. The molecule has 4 rings (SSSR count). The SMILES string of the molecule is Cc1conc1CC(=O)N1CCC(c2nc(-c3ccc(Cl)c(Cl)c3)no2)CC1. The fourth-order valence-electron chi connectivity index (χ4n) is 3.27. The van der Waals surface area contributed by atoms with E-state index in [-0.39, 0.29) is 18.2 Å². The number of halogens is 2. The molecule has 0 N–H and O–H groups in total. The quantitative estimate of drug-likeness (QED) is 0.625. The maximum atomic E-state index is 12.5. The van der Waals surface area contributed by atoms with Crippen LogP contribution in [0.25, 0.3) is 11.4 Å². The number of nitrogens with zero attached hydrogens (tertiary/aromatic N) is 4. The maximum Gasteiger partial charge on any atom is 0.230 e. The van der Waals surface area contributed by atoms with Crippen LogP contribution in [0.1, 0.15) is 35.9 Å². The molecule has 0 bridgehead atoms. The normalized spacial score (nSPS) is 15.2. The van der Waals surface area contributed by atoms with Crippen LogP contribution < -0.4 is 0 Å². The van der Waals surface area contributed by atoms with E-state index < -0.39 is 0 Å². The van der Waals surface area contributed by atoms with Crippen LogP contribution in [-0.2, 0) is 11.2 Å². The summed E-state index contributed by atoms with van der Waals surface area (Å²) in [5.74, 6) is 1.24. The maximum absolute atomic E-state index is 12.5. The van der Waals surface area contributed by atoms with E-state index in [2.05, 4.69) is 15.3 Å². The van der Waals surface area contributed by atoms with Gasteiger partial charge in [-0.1, -0.05) is 33.5 Å². The molecule has 3 heterocycles. The smallest absolute Gasteiger partial charge is 0.230 e. The first-order chi connectivity index (χ1) is 13.5. The number of amides is 1. The van der Waals surface area contributed by atoms with Crippen molar-refractivity contribution in [2.45, 2.75) is 32.1 Å². The number of carbonyl (C=O) groups is 1. The van der Waals surface area contributed by atoms with Gasteiger partial charge in [0, 0.05) is 30.1 Å². The molecule has 2 aromatic heterocycles. The number of hydrogen-bond donors (Lipinski definition) is 0. The van der Waals surface area contributed by atoms with Crippen LogP contribution in [0.5, 0.6) is 0 Å². The molecule has 1 aliphatic heterocycles. The van der Waals surface area contributed by atoms with Gasteiger partial charge in [0.25, 0.3) is 0 Å². The molecule has 1 aliphatic rings. The molecule has 0 unspecified atom stereocenters. The van der Waals surface area contributed by atoms with Crippen molar-refractivity contribution in [3.63, 3.8) is 0 Å². The first-order valence-electron chi connectivity index (χ1n) is 8.98. The molecule has 0 spiro atoms. The van der Waals surface area contributed by atoms with E-state index in [0.717, 1.165) is 24.0 Å². The number of rotatable bonds is 4. The second-order valence-electron chi connectivity index (χ2n) is 6.86. The van der Waals surface area contributed by atoms with Gasteiger partial charge in [-0.3, -0.25) is 4.79 Å². The molecule has 1 fully saturated rings. The van der Waals surface area contributed by atoms with E-state index in [4.69, 9.17) is 32.2 Å². The van der Waals surface area contributed by atoms with Crippen molar-refractivity contribution in [2.24, 2.45) is 0 Å². The lowest BCUT2D eigenvalue weighted by molar-refractivity contribution is -0.131. The van der Waals surface area contributed by atoms with Crippen molar-refractivity contribution in [3.05, 3.63) is 51.7 Å². The molecule has 3 aromatic rings. The summed E-state index contributed by atoms with van der Waals surface area (Å²) in [7, 11) is 0. The minimum Gasteiger partial charge on any atom is -0.364 e. The molecule has 1 aromatic carbocycles. The third kappa shape index (κ3) is 3.91. The number of piperidine rings is 1. The fourth-order valence-corrected chi connectivity index (χ4v) is 3.56.